The van der Waals surface area contributed by atoms with Crippen LogP contribution >= 0.6 is 8.53 Å². The van der Waals surface area contributed by atoms with E-state index in [0.29, 0.717) is 17.7 Å². The first-order chi connectivity index (χ1) is 31.5. The average Bonchev–Trinajstić information content (AvgIpc) is 4.01. The van der Waals surface area contributed by atoms with Crippen LogP contribution in [-0.2, 0) is 24.1 Å². The van der Waals surface area contributed by atoms with E-state index < -0.39 is 49.8 Å². The van der Waals surface area contributed by atoms with E-state index in [1.165, 1.54) is 4.57 Å². The van der Waals surface area contributed by atoms with Gasteiger partial charge in [-0.05, 0) is 79.1 Å². The maximum Gasteiger partial charge on any atom is 0.351 e. The predicted octanol–water partition coefficient (Wildman–Crippen LogP) is 10.1. The smallest absolute Gasteiger partial charge is 0.351 e. The number of ether oxygens (including phenoxy) is 3. The molecule has 0 radical (unpaired) electrons. The van der Waals surface area contributed by atoms with Gasteiger partial charge in [0.25, 0.3) is 14.4 Å². The highest BCUT2D eigenvalue weighted by Gasteiger charge is 2.45. The van der Waals surface area contributed by atoms with Crippen molar-refractivity contribution >= 4 is 20.3 Å². The van der Waals surface area contributed by atoms with E-state index >= 15 is 0 Å². The molecule has 2 aromatic heterocycles. The van der Waals surface area contributed by atoms with Crippen molar-refractivity contribution < 1.29 is 28.1 Å². The van der Waals surface area contributed by atoms with E-state index in [2.05, 4.69) is 66.0 Å². The molecule has 0 aliphatic carbocycles. The van der Waals surface area contributed by atoms with Crippen LogP contribution in [0.2, 0.25) is 0 Å². The van der Waals surface area contributed by atoms with Gasteiger partial charge < -0.3 is 28.6 Å². The SMILES string of the molecule is C=CCC(C)(CC)C(CC#N)OP(OC1CC(n2ccc(NC(=O)c3ccc(C)cc3)nc2=O)OC1COC(c1ccccc1)(c1ccc(C)cc1)c1ccc(OC)cc1)n1ccnc1. The number of benzene rings is 4. The lowest BCUT2D eigenvalue weighted by Gasteiger charge is -2.38. The minimum atomic E-state index is -1.93. The number of amides is 1. The average molecular weight is 895 g/mol. The van der Waals surface area contributed by atoms with E-state index in [1.807, 2.05) is 86.7 Å². The van der Waals surface area contributed by atoms with Crippen LogP contribution in [0.4, 0.5) is 5.82 Å². The molecule has 6 aromatic rings. The minimum absolute atomic E-state index is 0.000696. The highest BCUT2D eigenvalue weighted by atomic mass is 31.2. The normalized spacial score (nSPS) is 18.7. The molecule has 1 aliphatic rings. The summed E-state index contributed by atoms with van der Waals surface area (Å²) in [6.07, 6.45) is 7.28. The zero-order chi connectivity index (χ0) is 46.0. The number of hydrogen-bond donors (Lipinski definition) is 1. The molecule has 1 amide bonds. The topological polar surface area (TPSA) is 152 Å². The maximum absolute atomic E-state index is 13.9. The van der Waals surface area contributed by atoms with Crippen molar-refractivity contribution in [2.75, 3.05) is 19.0 Å². The summed E-state index contributed by atoms with van der Waals surface area (Å²) in [5, 5.41) is 12.8. The molecule has 3 heterocycles. The Kier molecular flexibility index (Phi) is 15.2. The number of aryl methyl sites for hydroxylation is 2. The van der Waals surface area contributed by atoms with Gasteiger partial charge in [0.15, 0.2) is 0 Å². The molecule has 4 aromatic carbocycles. The number of carbonyl (C=O) groups excluding carboxylic acids is 1. The number of aromatic nitrogens is 4. The van der Waals surface area contributed by atoms with Gasteiger partial charge >= 0.3 is 5.69 Å². The Morgan fingerprint density at radius 3 is 2.25 bits per heavy atom. The first kappa shape index (κ1) is 46.7. The van der Waals surface area contributed by atoms with Crippen LogP contribution in [0.15, 0.2) is 152 Å². The zero-order valence-corrected chi connectivity index (χ0v) is 38.3. The van der Waals surface area contributed by atoms with Crippen molar-refractivity contribution in [2.24, 2.45) is 5.41 Å². The van der Waals surface area contributed by atoms with E-state index in [9.17, 15) is 14.9 Å². The maximum atomic E-state index is 13.9. The van der Waals surface area contributed by atoms with Gasteiger partial charge in [-0.1, -0.05) is 110 Å². The largest absolute Gasteiger partial charge is 0.497 e. The summed E-state index contributed by atoms with van der Waals surface area (Å²) in [5.41, 5.74) is 2.99. The molecule has 14 heteroatoms. The highest BCUT2D eigenvalue weighted by molar-refractivity contribution is 7.45. The fourth-order valence-electron chi connectivity index (χ4n) is 8.01. The van der Waals surface area contributed by atoms with Crippen LogP contribution in [-0.4, -0.2) is 56.8 Å². The summed E-state index contributed by atoms with van der Waals surface area (Å²) in [6.45, 7) is 12.1. The highest BCUT2D eigenvalue weighted by Crippen LogP contribution is 2.51. The Balaban J connectivity index is 1.27. The van der Waals surface area contributed by atoms with Crippen molar-refractivity contribution in [2.45, 2.75) is 83.5 Å². The van der Waals surface area contributed by atoms with Crippen molar-refractivity contribution in [1.29, 1.82) is 5.26 Å². The second-order valence-electron chi connectivity index (χ2n) is 16.4. The van der Waals surface area contributed by atoms with Gasteiger partial charge in [0.2, 0.25) is 0 Å². The van der Waals surface area contributed by atoms with E-state index in [0.717, 1.165) is 34.2 Å². The van der Waals surface area contributed by atoms with E-state index in [4.69, 9.17) is 23.3 Å². The molecular formula is C51H55N6O7P. The quantitative estimate of drug-likeness (QED) is 0.0445. The molecule has 0 spiro atoms. The number of methoxy groups -OCH3 is 1. The zero-order valence-electron chi connectivity index (χ0n) is 37.4. The first-order valence-corrected chi connectivity index (χ1v) is 22.8. The van der Waals surface area contributed by atoms with Gasteiger partial charge in [0.05, 0.1) is 38.4 Å². The lowest BCUT2D eigenvalue weighted by molar-refractivity contribution is -0.0925. The molecule has 7 rings (SSSR count). The van der Waals surface area contributed by atoms with Crippen LogP contribution in [0.1, 0.15) is 83.9 Å². The number of nitrogens with one attached hydrogen (secondary N) is 1. The van der Waals surface area contributed by atoms with Crippen molar-refractivity contribution in [1.82, 2.24) is 18.9 Å². The number of rotatable bonds is 20. The van der Waals surface area contributed by atoms with E-state index in [-0.39, 0.29) is 31.2 Å². The number of nitriles is 1. The fraction of sp³-hybridized carbons (Fsp3) is 0.314. The Bertz CT molecular complexity index is 2600. The van der Waals surface area contributed by atoms with Gasteiger partial charge in [0.1, 0.15) is 35.8 Å². The number of carbonyl (C=O) groups is 1. The van der Waals surface area contributed by atoms with Crippen LogP contribution in [0, 0.1) is 30.6 Å². The van der Waals surface area contributed by atoms with Gasteiger partial charge in [-0.3, -0.25) is 13.7 Å². The molecule has 1 aliphatic heterocycles. The minimum Gasteiger partial charge on any atom is -0.497 e. The van der Waals surface area contributed by atoms with Crippen LogP contribution < -0.4 is 15.7 Å². The summed E-state index contributed by atoms with van der Waals surface area (Å²) in [5.74, 6) is 0.413. The third kappa shape index (κ3) is 10.7. The van der Waals surface area contributed by atoms with Crippen molar-refractivity contribution in [3.8, 4) is 11.8 Å². The number of hydrogen-bond acceptors (Lipinski definition) is 10. The number of imidazole rings is 1. The van der Waals surface area contributed by atoms with Gasteiger partial charge in [-0.15, -0.1) is 6.58 Å². The fourth-order valence-corrected chi connectivity index (χ4v) is 9.59. The Labute approximate surface area is 381 Å². The molecule has 7 unspecified atom stereocenters. The molecule has 1 saturated heterocycles. The summed E-state index contributed by atoms with van der Waals surface area (Å²) >= 11 is 0. The molecule has 336 valence electrons. The lowest BCUT2D eigenvalue weighted by atomic mass is 9.77. The van der Waals surface area contributed by atoms with Crippen LogP contribution in [0.25, 0.3) is 0 Å². The number of anilines is 1. The second kappa shape index (κ2) is 21.2. The monoisotopic (exact) mass is 894 g/mol. The molecule has 1 N–H and O–H groups in total. The Hall–Kier alpha value is -6.26. The number of allylic oxidation sites excluding steroid dienone is 1. The molecule has 13 nitrogen and oxygen atoms in total. The van der Waals surface area contributed by atoms with E-state index in [1.54, 1.807) is 54.6 Å². The Morgan fingerprint density at radius 1 is 0.985 bits per heavy atom. The lowest BCUT2D eigenvalue weighted by Crippen LogP contribution is -2.39. The first-order valence-electron chi connectivity index (χ1n) is 21.6. The van der Waals surface area contributed by atoms with Gasteiger partial charge in [-0.25, -0.2) is 9.78 Å². The molecule has 1 fully saturated rings. The van der Waals surface area contributed by atoms with Crippen LogP contribution in [0.5, 0.6) is 5.75 Å². The number of nitrogens with zero attached hydrogens (tertiary/aromatic N) is 5. The van der Waals surface area contributed by atoms with Gasteiger partial charge in [0, 0.05) is 30.6 Å². The third-order valence-corrected chi connectivity index (χ3v) is 13.6. The van der Waals surface area contributed by atoms with Crippen LogP contribution in [0.3, 0.4) is 0 Å². The second-order valence-corrected chi connectivity index (χ2v) is 17.8. The van der Waals surface area contributed by atoms with Gasteiger partial charge in [-0.2, -0.15) is 10.2 Å². The molecule has 7 atom stereocenters. The Morgan fingerprint density at radius 2 is 1.65 bits per heavy atom. The van der Waals surface area contributed by atoms with Crippen molar-refractivity contribution in [3.05, 3.63) is 191 Å². The third-order valence-electron chi connectivity index (χ3n) is 12.1. The summed E-state index contributed by atoms with van der Waals surface area (Å²) < 4.78 is 36.8. The molecular weight excluding hydrogens is 840 g/mol. The summed E-state index contributed by atoms with van der Waals surface area (Å²) in [4.78, 5) is 35.4. The molecule has 0 bridgehead atoms. The summed E-state index contributed by atoms with van der Waals surface area (Å²) in [6, 6.07) is 37.1. The van der Waals surface area contributed by atoms with Crippen molar-refractivity contribution in [3.63, 3.8) is 0 Å². The summed E-state index contributed by atoms with van der Waals surface area (Å²) in [7, 11) is -0.302. The molecule has 65 heavy (non-hydrogen) atoms. The standard InChI is InChI=1S/C51H55N6O7P/c1-7-28-50(5,8-2)45(26-29-52)64-65(56-32-30-53-35-56)63-43-33-47(57-31-27-46(55-49(57)59)54-48(58)38-18-14-36(3)15-19-38)62-44(43)34-61-51(39-12-10-9-11-13-39,40-20-16-37(4)17-21-40)41-22-24-42(60-6)25-23-41/h7,9-25,27,30-32,35,43-45,47H,1,8,26,28,33-34H2,2-6H3,(H,54,55,58,59). The molecule has 0 saturated carbocycles. The predicted molar refractivity (Wildman–Crippen MR) is 250 cm³/mol.